The van der Waals surface area contributed by atoms with E-state index in [-0.39, 0.29) is 12.4 Å². The van der Waals surface area contributed by atoms with E-state index in [9.17, 15) is 0 Å². The minimum absolute atomic E-state index is 0. The van der Waals surface area contributed by atoms with Crippen molar-refractivity contribution in [2.45, 2.75) is 12.8 Å². The maximum atomic E-state index is 5.52. The first-order chi connectivity index (χ1) is 4.74. The van der Waals surface area contributed by atoms with E-state index in [1.165, 1.54) is 0 Å². The largest absolute Gasteiger partial charge is 0.383 e. The van der Waals surface area contributed by atoms with Crippen molar-refractivity contribution >= 4 is 29.8 Å². The average Bonchev–Trinajstić information content (AvgIpc) is 1.88. The smallest absolute Gasteiger partial charge is 0.131 e. The van der Waals surface area contributed by atoms with Crippen LogP contribution < -0.4 is 5.73 Å². The Morgan fingerprint density at radius 3 is 2.73 bits per heavy atom. The van der Waals surface area contributed by atoms with Gasteiger partial charge < -0.3 is 5.73 Å². The lowest BCUT2D eigenvalue weighted by atomic mass is 10.3. The molecule has 0 atom stereocenters. The fraction of sp³-hybridized carbons (Fsp3) is 0.333. The molecule has 2 N–H and O–H groups in total. The molecule has 0 aromatic carbocycles. The Morgan fingerprint density at radius 1 is 1.64 bits per heavy atom. The number of nitrogens with zero attached hydrogens (tertiary/aromatic N) is 2. The molecule has 0 aliphatic heterocycles. The topological polar surface area (TPSA) is 51.8 Å². The van der Waals surface area contributed by atoms with Crippen molar-refractivity contribution in [2.24, 2.45) is 0 Å². The Kier molecular flexibility index (Phi) is 4.15. The Labute approximate surface area is 76.4 Å². The Balaban J connectivity index is 0.000001000. The van der Waals surface area contributed by atoms with E-state index >= 15 is 0 Å². The van der Waals surface area contributed by atoms with Crippen molar-refractivity contribution in [3.63, 3.8) is 0 Å². The van der Waals surface area contributed by atoms with Gasteiger partial charge in [0, 0.05) is 11.8 Å². The quantitative estimate of drug-likeness (QED) is 0.689. The molecule has 1 aromatic rings. The van der Waals surface area contributed by atoms with Gasteiger partial charge in [-0.3, -0.25) is 0 Å². The van der Waals surface area contributed by atoms with Crippen LogP contribution in [0.5, 0.6) is 0 Å². The van der Waals surface area contributed by atoms with Gasteiger partial charge in [-0.2, -0.15) is 0 Å². The lowest BCUT2D eigenvalue weighted by molar-refractivity contribution is 1.03. The highest BCUT2D eigenvalue weighted by molar-refractivity contribution is 6.17. The first kappa shape index (κ1) is 10.5. The third-order valence-corrected chi connectivity index (χ3v) is 1.45. The minimum Gasteiger partial charge on any atom is -0.383 e. The van der Waals surface area contributed by atoms with Gasteiger partial charge in [0.05, 0.1) is 5.88 Å². The summed E-state index contributed by atoms with van der Waals surface area (Å²) in [5.74, 6) is 1.51. The fourth-order valence-electron chi connectivity index (χ4n) is 0.615. The SMILES string of the molecule is Cc1ncc(CCl)c(N)n1.Cl. The molecule has 1 aromatic heterocycles. The molecular formula is C6H9Cl2N3. The summed E-state index contributed by atoms with van der Waals surface area (Å²) in [5, 5.41) is 0. The van der Waals surface area contributed by atoms with Gasteiger partial charge in [0.15, 0.2) is 0 Å². The molecule has 0 aliphatic carbocycles. The third kappa shape index (κ3) is 2.52. The van der Waals surface area contributed by atoms with Gasteiger partial charge >= 0.3 is 0 Å². The molecule has 1 heterocycles. The molecule has 0 radical (unpaired) electrons. The van der Waals surface area contributed by atoms with Crippen LogP contribution in [0.1, 0.15) is 11.4 Å². The average molecular weight is 194 g/mol. The van der Waals surface area contributed by atoms with E-state index in [0.29, 0.717) is 17.5 Å². The minimum atomic E-state index is 0. The number of rotatable bonds is 1. The van der Waals surface area contributed by atoms with Crippen molar-refractivity contribution in [3.8, 4) is 0 Å². The molecule has 0 spiro atoms. The van der Waals surface area contributed by atoms with Gasteiger partial charge in [-0.15, -0.1) is 24.0 Å². The summed E-state index contributed by atoms with van der Waals surface area (Å²) in [6.45, 7) is 1.79. The summed E-state index contributed by atoms with van der Waals surface area (Å²) in [7, 11) is 0. The van der Waals surface area contributed by atoms with Crippen LogP contribution in [0.3, 0.4) is 0 Å². The van der Waals surface area contributed by atoms with Crippen LogP contribution >= 0.6 is 24.0 Å². The highest BCUT2D eigenvalue weighted by Crippen LogP contribution is 2.08. The van der Waals surface area contributed by atoms with Crippen LogP contribution in [0.2, 0.25) is 0 Å². The zero-order chi connectivity index (χ0) is 7.56. The van der Waals surface area contributed by atoms with Crippen LogP contribution in [0.25, 0.3) is 0 Å². The summed E-state index contributed by atoms with van der Waals surface area (Å²) in [6, 6.07) is 0. The first-order valence-corrected chi connectivity index (χ1v) is 3.41. The first-order valence-electron chi connectivity index (χ1n) is 2.88. The molecule has 0 saturated heterocycles. The fourth-order valence-corrected chi connectivity index (χ4v) is 0.821. The van der Waals surface area contributed by atoms with E-state index in [0.717, 1.165) is 5.56 Å². The summed E-state index contributed by atoms with van der Waals surface area (Å²) in [5.41, 5.74) is 6.28. The molecule has 11 heavy (non-hydrogen) atoms. The standard InChI is InChI=1S/C6H8ClN3.ClH/c1-4-9-3-5(2-7)6(8)10-4;/h3H,2H2,1H3,(H2,8,9,10);1H. The molecule has 3 nitrogen and oxygen atoms in total. The summed E-state index contributed by atoms with van der Waals surface area (Å²) >= 11 is 5.52. The molecule has 0 amide bonds. The van der Waals surface area contributed by atoms with Crippen molar-refractivity contribution < 1.29 is 0 Å². The Bertz CT molecular complexity index is 239. The Morgan fingerprint density at radius 2 is 2.27 bits per heavy atom. The summed E-state index contributed by atoms with van der Waals surface area (Å²) in [6.07, 6.45) is 1.64. The second-order valence-corrected chi connectivity index (χ2v) is 2.23. The van der Waals surface area contributed by atoms with Gasteiger partial charge in [0.1, 0.15) is 11.6 Å². The lowest BCUT2D eigenvalue weighted by Gasteiger charge is -1.98. The van der Waals surface area contributed by atoms with Crippen molar-refractivity contribution in [2.75, 3.05) is 5.73 Å². The summed E-state index contributed by atoms with van der Waals surface area (Å²) < 4.78 is 0. The molecule has 0 unspecified atom stereocenters. The van der Waals surface area contributed by atoms with Crippen molar-refractivity contribution in [1.82, 2.24) is 9.97 Å². The lowest BCUT2D eigenvalue weighted by Crippen LogP contribution is -1.99. The van der Waals surface area contributed by atoms with Crippen molar-refractivity contribution in [1.29, 1.82) is 0 Å². The maximum Gasteiger partial charge on any atom is 0.131 e. The number of hydrogen-bond acceptors (Lipinski definition) is 3. The Hall–Kier alpha value is -0.540. The van der Waals surface area contributed by atoms with Crippen LogP contribution in [0, 0.1) is 6.92 Å². The van der Waals surface area contributed by atoms with Crippen molar-refractivity contribution in [3.05, 3.63) is 17.6 Å². The number of aromatic nitrogens is 2. The third-order valence-electron chi connectivity index (χ3n) is 1.16. The highest BCUT2D eigenvalue weighted by atomic mass is 35.5. The second-order valence-electron chi connectivity index (χ2n) is 1.96. The van der Waals surface area contributed by atoms with E-state index in [1.807, 2.05) is 0 Å². The number of aryl methyl sites for hydroxylation is 1. The number of nitrogen functional groups attached to an aromatic ring is 1. The zero-order valence-corrected chi connectivity index (χ0v) is 7.61. The monoisotopic (exact) mass is 193 g/mol. The number of hydrogen-bond donors (Lipinski definition) is 1. The van der Waals surface area contributed by atoms with Gasteiger partial charge in [-0.1, -0.05) is 0 Å². The molecule has 0 aliphatic rings. The van der Waals surface area contributed by atoms with E-state index in [4.69, 9.17) is 17.3 Å². The van der Waals surface area contributed by atoms with Gasteiger partial charge in [0.2, 0.25) is 0 Å². The van der Waals surface area contributed by atoms with Gasteiger partial charge in [-0.05, 0) is 6.92 Å². The van der Waals surface area contributed by atoms with Gasteiger partial charge in [-0.25, -0.2) is 9.97 Å². The number of nitrogens with two attached hydrogens (primary N) is 1. The predicted octanol–water partition coefficient (Wildman–Crippen LogP) is 1.53. The van der Waals surface area contributed by atoms with E-state index < -0.39 is 0 Å². The molecular weight excluding hydrogens is 185 g/mol. The maximum absolute atomic E-state index is 5.52. The number of alkyl halides is 1. The van der Waals surface area contributed by atoms with E-state index in [1.54, 1.807) is 13.1 Å². The zero-order valence-electron chi connectivity index (χ0n) is 6.04. The highest BCUT2D eigenvalue weighted by Gasteiger charge is 1.98. The molecule has 5 heteroatoms. The molecule has 62 valence electrons. The van der Waals surface area contributed by atoms with Crippen LogP contribution in [-0.2, 0) is 5.88 Å². The predicted molar refractivity (Wildman–Crippen MR) is 48.0 cm³/mol. The number of halogens is 2. The van der Waals surface area contributed by atoms with Crippen LogP contribution in [0.15, 0.2) is 6.20 Å². The molecule has 0 bridgehead atoms. The van der Waals surface area contributed by atoms with Gasteiger partial charge in [0.25, 0.3) is 0 Å². The van der Waals surface area contributed by atoms with Crippen LogP contribution in [0.4, 0.5) is 5.82 Å². The molecule has 0 saturated carbocycles. The normalized spacial score (nSPS) is 8.91. The summed E-state index contributed by atoms with van der Waals surface area (Å²) in [4.78, 5) is 7.86. The molecule has 0 fully saturated rings. The second kappa shape index (κ2) is 4.36. The molecule has 1 rings (SSSR count). The number of anilines is 1. The van der Waals surface area contributed by atoms with Crippen LogP contribution in [-0.4, -0.2) is 9.97 Å². The van der Waals surface area contributed by atoms with E-state index in [2.05, 4.69) is 9.97 Å².